The molecule has 0 amide bonds. The number of rotatable bonds is 4. The molecule has 1 N–H and O–H groups in total. The van der Waals surface area contributed by atoms with Crippen molar-refractivity contribution < 1.29 is 9.84 Å². The molecule has 0 bridgehead atoms. The van der Waals surface area contributed by atoms with Crippen LogP contribution in [-0.4, -0.2) is 23.9 Å². The Morgan fingerprint density at radius 2 is 2.33 bits per heavy atom. The molecule has 0 heterocycles. The molecule has 1 fully saturated rings. The van der Waals surface area contributed by atoms with E-state index >= 15 is 0 Å². The zero-order valence-electron chi connectivity index (χ0n) is 5.47. The second-order valence-electron chi connectivity index (χ2n) is 2.53. The van der Waals surface area contributed by atoms with Crippen molar-refractivity contribution in [3.05, 3.63) is 12.7 Å². The van der Waals surface area contributed by atoms with Crippen LogP contribution >= 0.6 is 0 Å². The van der Waals surface area contributed by atoms with Crippen LogP contribution < -0.4 is 0 Å². The van der Waals surface area contributed by atoms with Gasteiger partial charge in [0.2, 0.25) is 0 Å². The summed E-state index contributed by atoms with van der Waals surface area (Å²) in [6.07, 6.45) is 3.47. The molecule has 1 saturated carbocycles. The highest BCUT2D eigenvalue weighted by molar-refractivity contribution is 4.93. The van der Waals surface area contributed by atoms with Crippen molar-refractivity contribution in [3.63, 3.8) is 0 Å². The van der Waals surface area contributed by atoms with Gasteiger partial charge in [0.25, 0.3) is 0 Å². The zero-order valence-corrected chi connectivity index (χ0v) is 5.47. The van der Waals surface area contributed by atoms with Crippen LogP contribution in [0.1, 0.15) is 12.8 Å². The predicted octanol–water partition coefficient (Wildman–Crippen LogP) is 0.714. The van der Waals surface area contributed by atoms with E-state index in [-0.39, 0.29) is 0 Å². The highest BCUT2D eigenvalue weighted by Crippen LogP contribution is 2.34. The first-order valence-corrected chi connectivity index (χ1v) is 3.18. The Labute approximate surface area is 55.1 Å². The second-order valence-corrected chi connectivity index (χ2v) is 2.53. The lowest BCUT2D eigenvalue weighted by atomic mass is 10.4. The van der Waals surface area contributed by atoms with E-state index in [2.05, 4.69) is 6.58 Å². The summed E-state index contributed by atoms with van der Waals surface area (Å²) in [4.78, 5) is 0. The number of hydrogen-bond donors (Lipinski definition) is 1. The van der Waals surface area contributed by atoms with Crippen molar-refractivity contribution >= 4 is 0 Å². The number of hydrogen-bond acceptors (Lipinski definition) is 2. The zero-order chi connectivity index (χ0) is 6.74. The Kier molecular flexibility index (Phi) is 1.88. The van der Waals surface area contributed by atoms with Crippen molar-refractivity contribution in [1.29, 1.82) is 0 Å². The third-order valence-electron chi connectivity index (χ3n) is 1.43. The van der Waals surface area contributed by atoms with Crippen molar-refractivity contribution in [2.75, 3.05) is 13.2 Å². The van der Waals surface area contributed by atoms with Gasteiger partial charge in [-0.05, 0) is 12.8 Å². The maximum absolute atomic E-state index is 9.20. The maximum atomic E-state index is 9.20. The first-order valence-electron chi connectivity index (χ1n) is 3.18. The van der Waals surface area contributed by atoms with Crippen LogP contribution in [0.25, 0.3) is 0 Å². The first-order chi connectivity index (χ1) is 4.27. The minimum Gasteiger partial charge on any atom is -0.387 e. The molecule has 0 radical (unpaired) electrons. The summed E-state index contributed by atoms with van der Waals surface area (Å²) in [6, 6.07) is 0. The molecule has 0 atom stereocenters. The molecule has 1 aliphatic carbocycles. The number of ether oxygens (including phenoxy) is 1. The molecule has 0 aliphatic heterocycles. The Bertz CT molecular complexity index is 105. The van der Waals surface area contributed by atoms with Crippen LogP contribution in [0.3, 0.4) is 0 Å². The number of aliphatic hydroxyl groups is 1. The van der Waals surface area contributed by atoms with E-state index < -0.39 is 5.60 Å². The summed E-state index contributed by atoms with van der Waals surface area (Å²) in [5.41, 5.74) is -0.469. The van der Waals surface area contributed by atoms with Crippen LogP contribution in [-0.2, 0) is 4.74 Å². The van der Waals surface area contributed by atoms with Gasteiger partial charge in [-0.3, -0.25) is 0 Å². The smallest absolute Gasteiger partial charge is 0.0882 e. The summed E-state index contributed by atoms with van der Waals surface area (Å²) >= 11 is 0. The SMILES string of the molecule is C=CCOCC1(O)CC1. The third kappa shape index (κ3) is 2.16. The highest BCUT2D eigenvalue weighted by atomic mass is 16.5. The van der Waals surface area contributed by atoms with Gasteiger partial charge < -0.3 is 9.84 Å². The molecule has 0 spiro atoms. The monoisotopic (exact) mass is 128 g/mol. The summed E-state index contributed by atoms with van der Waals surface area (Å²) in [7, 11) is 0. The van der Waals surface area contributed by atoms with Gasteiger partial charge in [-0.1, -0.05) is 6.08 Å². The lowest BCUT2D eigenvalue weighted by Crippen LogP contribution is -2.15. The quantitative estimate of drug-likeness (QED) is 0.446. The van der Waals surface area contributed by atoms with Crippen LogP contribution in [0.5, 0.6) is 0 Å². The molecule has 2 heteroatoms. The van der Waals surface area contributed by atoms with E-state index in [4.69, 9.17) is 4.74 Å². The minimum absolute atomic E-state index is 0.469. The van der Waals surface area contributed by atoms with Crippen LogP contribution in [0.4, 0.5) is 0 Å². The molecular weight excluding hydrogens is 116 g/mol. The second kappa shape index (κ2) is 2.50. The van der Waals surface area contributed by atoms with E-state index in [0.29, 0.717) is 13.2 Å². The normalized spacial score (nSPS) is 21.4. The van der Waals surface area contributed by atoms with Crippen LogP contribution in [0, 0.1) is 0 Å². The van der Waals surface area contributed by atoms with Gasteiger partial charge in [-0.15, -0.1) is 6.58 Å². The van der Waals surface area contributed by atoms with Gasteiger partial charge in [0, 0.05) is 0 Å². The largest absolute Gasteiger partial charge is 0.387 e. The van der Waals surface area contributed by atoms with Gasteiger partial charge in [0.15, 0.2) is 0 Å². The average Bonchev–Trinajstić information content (AvgIpc) is 2.50. The lowest BCUT2D eigenvalue weighted by Gasteiger charge is -2.05. The van der Waals surface area contributed by atoms with E-state index in [0.717, 1.165) is 12.8 Å². The van der Waals surface area contributed by atoms with E-state index in [9.17, 15) is 5.11 Å². The average molecular weight is 128 g/mol. The van der Waals surface area contributed by atoms with Crippen LogP contribution in [0.15, 0.2) is 12.7 Å². The molecule has 52 valence electrons. The molecule has 0 aromatic carbocycles. The van der Waals surface area contributed by atoms with Gasteiger partial charge >= 0.3 is 0 Å². The molecule has 0 unspecified atom stereocenters. The summed E-state index contributed by atoms with van der Waals surface area (Å²) in [5.74, 6) is 0. The fraction of sp³-hybridized carbons (Fsp3) is 0.714. The lowest BCUT2D eigenvalue weighted by molar-refractivity contribution is 0.0322. The Hall–Kier alpha value is -0.340. The first kappa shape index (κ1) is 6.78. The topological polar surface area (TPSA) is 29.5 Å². The molecule has 2 nitrogen and oxygen atoms in total. The van der Waals surface area contributed by atoms with Gasteiger partial charge in [-0.25, -0.2) is 0 Å². The summed E-state index contributed by atoms with van der Waals surface area (Å²) < 4.78 is 5.04. The summed E-state index contributed by atoms with van der Waals surface area (Å²) in [5, 5.41) is 9.20. The van der Waals surface area contributed by atoms with Crippen molar-refractivity contribution in [2.24, 2.45) is 0 Å². The van der Waals surface area contributed by atoms with E-state index in [1.807, 2.05) is 0 Å². The van der Waals surface area contributed by atoms with Crippen molar-refractivity contribution in [3.8, 4) is 0 Å². The minimum atomic E-state index is -0.469. The van der Waals surface area contributed by atoms with E-state index in [1.165, 1.54) is 0 Å². The Morgan fingerprint density at radius 1 is 1.67 bits per heavy atom. The molecular formula is C7H12O2. The fourth-order valence-corrected chi connectivity index (χ4v) is 0.621. The van der Waals surface area contributed by atoms with E-state index in [1.54, 1.807) is 6.08 Å². The highest BCUT2D eigenvalue weighted by Gasteiger charge is 2.40. The molecule has 0 aromatic rings. The third-order valence-corrected chi connectivity index (χ3v) is 1.43. The molecule has 1 aliphatic rings. The predicted molar refractivity (Wildman–Crippen MR) is 35.2 cm³/mol. The Morgan fingerprint density at radius 3 is 2.78 bits per heavy atom. The van der Waals surface area contributed by atoms with Crippen molar-refractivity contribution in [1.82, 2.24) is 0 Å². The molecule has 9 heavy (non-hydrogen) atoms. The van der Waals surface area contributed by atoms with Gasteiger partial charge in [0.05, 0.1) is 18.8 Å². The standard InChI is InChI=1S/C7H12O2/c1-2-5-9-6-7(8)3-4-7/h2,8H,1,3-6H2. The van der Waals surface area contributed by atoms with Crippen LogP contribution in [0.2, 0.25) is 0 Å². The summed E-state index contributed by atoms with van der Waals surface area (Å²) in [6.45, 7) is 4.51. The molecule has 0 aromatic heterocycles. The maximum Gasteiger partial charge on any atom is 0.0882 e. The van der Waals surface area contributed by atoms with Gasteiger partial charge in [0.1, 0.15) is 0 Å². The van der Waals surface area contributed by atoms with Crippen molar-refractivity contribution in [2.45, 2.75) is 18.4 Å². The Balaban J connectivity index is 1.98. The fourth-order valence-electron chi connectivity index (χ4n) is 0.621. The van der Waals surface area contributed by atoms with Gasteiger partial charge in [-0.2, -0.15) is 0 Å². The molecule has 0 saturated heterocycles. The molecule has 1 rings (SSSR count).